The predicted molar refractivity (Wildman–Crippen MR) is 96.3 cm³/mol. The monoisotopic (exact) mass is 350 g/mol. The van der Waals surface area contributed by atoms with Crippen molar-refractivity contribution in [2.24, 2.45) is 11.8 Å². The van der Waals surface area contributed by atoms with E-state index in [1.807, 2.05) is 20.8 Å². The van der Waals surface area contributed by atoms with E-state index in [0.717, 1.165) is 45.2 Å². The standard InChI is InChI=1S/C20H34N2O3/c1-18(2,3)25-17(23)21-16-5-4-6-22(12-16)19-8-14-7-15(9-19)11-20(24,10-14)13-19/h14-16,24H,4-13H2,1-3H3,(H,21,23)/t14?,15?,16-,19?,20?/m0/s1. The highest BCUT2D eigenvalue weighted by Gasteiger charge is 2.59. The maximum atomic E-state index is 12.1. The first-order valence-electron chi connectivity index (χ1n) is 10.1. The van der Waals surface area contributed by atoms with Crippen molar-refractivity contribution in [1.29, 1.82) is 0 Å². The van der Waals surface area contributed by atoms with Gasteiger partial charge in [0.25, 0.3) is 0 Å². The van der Waals surface area contributed by atoms with Crippen LogP contribution in [0.15, 0.2) is 0 Å². The number of carbonyl (C=O) groups excluding carboxylic acids is 1. The van der Waals surface area contributed by atoms with Crippen LogP contribution in [0.2, 0.25) is 0 Å². The fourth-order valence-corrected chi connectivity index (χ4v) is 6.54. The molecule has 0 aromatic heterocycles. The molecule has 5 heteroatoms. The smallest absolute Gasteiger partial charge is 0.407 e. The van der Waals surface area contributed by atoms with Gasteiger partial charge in [-0.05, 0) is 90.5 Å². The summed E-state index contributed by atoms with van der Waals surface area (Å²) in [4.78, 5) is 14.8. The molecule has 5 rings (SSSR count). The third-order valence-electron chi connectivity index (χ3n) is 6.81. The molecule has 4 saturated carbocycles. The van der Waals surface area contributed by atoms with Gasteiger partial charge in [-0.1, -0.05) is 0 Å². The first kappa shape index (κ1) is 17.6. The van der Waals surface area contributed by atoms with Crippen LogP contribution in [0.1, 0.15) is 72.1 Å². The van der Waals surface area contributed by atoms with Crippen molar-refractivity contribution < 1.29 is 14.6 Å². The van der Waals surface area contributed by atoms with Crippen LogP contribution in [0.3, 0.4) is 0 Å². The predicted octanol–water partition coefficient (Wildman–Crippen LogP) is 3.06. The van der Waals surface area contributed by atoms with Gasteiger partial charge in [-0.25, -0.2) is 4.79 Å². The molecule has 142 valence electrons. The number of hydrogen-bond acceptors (Lipinski definition) is 4. The fraction of sp³-hybridized carbons (Fsp3) is 0.950. The number of alkyl carbamates (subject to hydrolysis) is 1. The summed E-state index contributed by atoms with van der Waals surface area (Å²) >= 11 is 0. The van der Waals surface area contributed by atoms with Gasteiger partial charge in [0.05, 0.1) is 5.60 Å². The van der Waals surface area contributed by atoms with E-state index >= 15 is 0 Å². The van der Waals surface area contributed by atoms with Gasteiger partial charge in [-0.3, -0.25) is 4.90 Å². The topological polar surface area (TPSA) is 61.8 Å². The van der Waals surface area contributed by atoms with E-state index < -0.39 is 11.2 Å². The molecule has 25 heavy (non-hydrogen) atoms. The summed E-state index contributed by atoms with van der Waals surface area (Å²) in [6, 6.07) is 0.159. The molecule has 0 spiro atoms. The minimum Gasteiger partial charge on any atom is -0.444 e. The van der Waals surface area contributed by atoms with Crippen molar-refractivity contribution in [3.05, 3.63) is 0 Å². The lowest BCUT2D eigenvalue weighted by Crippen LogP contribution is -2.67. The zero-order valence-corrected chi connectivity index (χ0v) is 16.0. The molecule has 1 amide bonds. The van der Waals surface area contributed by atoms with E-state index in [4.69, 9.17) is 4.74 Å². The number of ether oxygens (including phenoxy) is 1. The maximum Gasteiger partial charge on any atom is 0.407 e. The van der Waals surface area contributed by atoms with Crippen molar-refractivity contribution in [3.8, 4) is 0 Å². The number of likely N-dealkylation sites (tertiary alicyclic amines) is 1. The van der Waals surface area contributed by atoms with E-state index in [0.29, 0.717) is 11.8 Å². The Bertz CT molecular complexity index is 528. The molecule has 1 heterocycles. The Balaban J connectivity index is 1.42. The van der Waals surface area contributed by atoms with Gasteiger partial charge in [-0.15, -0.1) is 0 Å². The number of nitrogens with zero attached hydrogens (tertiary/aromatic N) is 1. The second-order valence-electron chi connectivity index (χ2n) is 10.3. The zero-order chi connectivity index (χ0) is 17.9. The quantitative estimate of drug-likeness (QED) is 0.803. The number of rotatable bonds is 2. The Morgan fingerprint density at radius 3 is 2.48 bits per heavy atom. The van der Waals surface area contributed by atoms with Crippen molar-refractivity contribution >= 4 is 6.09 Å². The Hall–Kier alpha value is -0.810. The van der Waals surface area contributed by atoms with Gasteiger partial charge in [0, 0.05) is 18.1 Å². The minimum atomic E-state index is -0.457. The van der Waals surface area contributed by atoms with Crippen molar-refractivity contribution in [2.75, 3.05) is 13.1 Å². The van der Waals surface area contributed by atoms with E-state index in [9.17, 15) is 9.90 Å². The summed E-state index contributed by atoms with van der Waals surface area (Å²) in [7, 11) is 0. The Labute approximate surface area is 151 Å². The Kier molecular flexibility index (Phi) is 4.12. The van der Waals surface area contributed by atoms with Crippen LogP contribution in [0, 0.1) is 11.8 Å². The van der Waals surface area contributed by atoms with Crippen molar-refractivity contribution in [1.82, 2.24) is 10.2 Å². The number of piperidine rings is 1. The number of carbonyl (C=O) groups is 1. The third kappa shape index (κ3) is 3.55. The number of amides is 1. The van der Waals surface area contributed by atoms with Crippen LogP contribution >= 0.6 is 0 Å². The lowest BCUT2D eigenvalue weighted by molar-refractivity contribution is -0.179. The summed E-state index contributed by atoms with van der Waals surface area (Å²) in [5, 5.41) is 14.1. The lowest BCUT2D eigenvalue weighted by atomic mass is 9.50. The zero-order valence-electron chi connectivity index (χ0n) is 16.0. The highest BCUT2D eigenvalue weighted by atomic mass is 16.6. The van der Waals surface area contributed by atoms with Gasteiger partial charge in [0.15, 0.2) is 0 Å². The summed E-state index contributed by atoms with van der Waals surface area (Å²) < 4.78 is 5.43. The highest BCUT2D eigenvalue weighted by Crippen LogP contribution is 2.59. The first-order valence-corrected chi connectivity index (χ1v) is 10.1. The molecule has 5 aliphatic rings. The van der Waals surface area contributed by atoms with Crippen LogP contribution < -0.4 is 5.32 Å². The molecule has 1 saturated heterocycles. The summed E-state index contributed by atoms with van der Waals surface area (Å²) in [5.74, 6) is 1.40. The normalized spacial score (nSPS) is 43.9. The van der Waals surface area contributed by atoms with E-state index in [2.05, 4.69) is 10.2 Å². The van der Waals surface area contributed by atoms with Crippen LogP contribution in [0.4, 0.5) is 4.79 Å². The van der Waals surface area contributed by atoms with Gasteiger partial charge in [0.2, 0.25) is 0 Å². The van der Waals surface area contributed by atoms with Crippen molar-refractivity contribution in [2.45, 2.75) is 94.9 Å². The van der Waals surface area contributed by atoms with Gasteiger partial charge < -0.3 is 15.2 Å². The molecule has 2 unspecified atom stereocenters. The number of aliphatic hydroxyl groups is 1. The molecule has 4 bridgehead atoms. The van der Waals surface area contributed by atoms with E-state index in [1.54, 1.807) is 0 Å². The third-order valence-corrected chi connectivity index (χ3v) is 6.81. The molecule has 0 radical (unpaired) electrons. The molecular weight excluding hydrogens is 316 g/mol. The second kappa shape index (κ2) is 5.85. The fourth-order valence-electron chi connectivity index (χ4n) is 6.54. The van der Waals surface area contributed by atoms with Gasteiger partial charge in [-0.2, -0.15) is 0 Å². The summed E-state index contributed by atoms with van der Waals surface area (Å²) in [6.07, 6.45) is 8.58. The Morgan fingerprint density at radius 1 is 1.20 bits per heavy atom. The largest absolute Gasteiger partial charge is 0.444 e. The first-order chi connectivity index (χ1) is 11.6. The van der Waals surface area contributed by atoms with Crippen molar-refractivity contribution in [3.63, 3.8) is 0 Å². The molecule has 3 atom stereocenters. The van der Waals surface area contributed by atoms with Crippen LogP contribution in [-0.2, 0) is 4.74 Å². The molecule has 5 fully saturated rings. The van der Waals surface area contributed by atoms with Crippen LogP contribution in [0.25, 0.3) is 0 Å². The second-order valence-corrected chi connectivity index (χ2v) is 10.3. The average Bonchev–Trinajstić information content (AvgIpc) is 2.42. The maximum absolute atomic E-state index is 12.1. The molecule has 0 aromatic carbocycles. The average molecular weight is 351 g/mol. The molecule has 2 N–H and O–H groups in total. The summed E-state index contributed by atoms with van der Waals surface area (Å²) in [6.45, 7) is 7.69. The van der Waals surface area contributed by atoms with E-state index in [1.165, 1.54) is 19.3 Å². The van der Waals surface area contributed by atoms with Crippen LogP contribution in [-0.4, -0.2) is 52.0 Å². The Morgan fingerprint density at radius 2 is 1.88 bits per heavy atom. The lowest BCUT2D eigenvalue weighted by Gasteiger charge is -2.64. The molecule has 1 aliphatic heterocycles. The number of hydrogen-bond donors (Lipinski definition) is 2. The van der Waals surface area contributed by atoms with E-state index in [-0.39, 0.29) is 17.7 Å². The highest BCUT2D eigenvalue weighted by molar-refractivity contribution is 5.68. The summed E-state index contributed by atoms with van der Waals surface area (Å²) in [5.41, 5.74) is -0.704. The molecule has 0 aromatic rings. The molecular formula is C20H34N2O3. The van der Waals surface area contributed by atoms with Gasteiger partial charge >= 0.3 is 6.09 Å². The SMILES string of the molecule is CC(C)(C)OC(=O)N[C@H]1CCCN(C23CC4CC(CC(O)(C4)C2)C3)C1. The van der Waals surface area contributed by atoms with Crippen LogP contribution in [0.5, 0.6) is 0 Å². The minimum absolute atomic E-state index is 0.159. The number of nitrogens with one attached hydrogen (secondary N) is 1. The molecule has 4 aliphatic carbocycles. The van der Waals surface area contributed by atoms with Gasteiger partial charge in [0.1, 0.15) is 5.60 Å². The molecule has 5 nitrogen and oxygen atoms in total.